The van der Waals surface area contributed by atoms with Gasteiger partial charge < -0.3 is 14.8 Å². The van der Waals surface area contributed by atoms with Crippen molar-refractivity contribution in [2.75, 3.05) is 7.05 Å². The average molecular weight is 335 g/mol. The standard InChI is InChI=1S/C19H21N5O/c1-23-12-22-15-8-13(5-6-17(15)23)10-21-16-9-18(25)24(2)19(16)14-4-3-7-20-11-14/h3-8,11-12,16,19,21H,9-10H2,1-2H3/t16-,19+/m1/s1. The van der Waals surface area contributed by atoms with Crippen molar-refractivity contribution in [1.29, 1.82) is 0 Å². The summed E-state index contributed by atoms with van der Waals surface area (Å²) in [6, 6.07) is 10.3. The predicted molar refractivity (Wildman–Crippen MR) is 95.7 cm³/mol. The molecule has 0 radical (unpaired) electrons. The number of amides is 1. The van der Waals surface area contributed by atoms with Crippen LogP contribution in [0.5, 0.6) is 0 Å². The molecule has 0 saturated carbocycles. The Bertz CT molecular complexity index is 905. The van der Waals surface area contributed by atoms with Gasteiger partial charge in [0.25, 0.3) is 0 Å². The largest absolute Gasteiger partial charge is 0.337 e. The second-order valence-electron chi connectivity index (χ2n) is 6.61. The maximum absolute atomic E-state index is 12.2. The van der Waals surface area contributed by atoms with Gasteiger partial charge in [0, 0.05) is 45.5 Å². The molecule has 2 atom stereocenters. The molecule has 1 N–H and O–H groups in total. The number of carbonyl (C=O) groups excluding carboxylic acids is 1. The molecule has 1 amide bonds. The van der Waals surface area contributed by atoms with E-state index in [2.05, 4.69) is 33.5 Å². The molecule has 1 aliphatic heterocycles. The Hall–Kier alpha value is -2.73. The third-order valence-corrected chi connectivity index (χ3v) is 4.97. The maximum atomic E-state index is 12.2. The zero-order chi connectivity index (χ0) is 17.4. The number of aromatic nitrogens is 3. The van der Waals surface area contributed by atoms with E-state index in [1.807, 2.05) is 48.2 Å². The minimum Gasteiger partial charge on any atom is -0.337 e. The number of rotatable bonds is 4. The maximum Gasteiger partial charge on any atom is 0.224 e. The Kier molecular flexibility index (Phi) is 3.97. The first-order valence-electron chi connectivity index (χ1n) is 8.42. The summed E-state index contributed by atoms with van der Waals surface area (Å²) in [5.41, 5.74) is 4.34. The summed E-state index contributed by atoms with van der Waals surface area (Å²) >= 11 is 0. The monoisotopic (exact) mass is 335 g/mol. The average Bonchev–Trinajstić information content (AvgIpc) is 3.14. The van der Waals surface area contributed by atoms with Gasteiger partial charge in [-0.15, -0.1) is 0 Å². The number of hydrogen-bond donors (Lipinski definition) is 1. The van der Waals surface area contributed by atoms with Crippen LogP contribution in [0.2, 0.25) is 0 Å². The fourth-order valence-corrected chi connectivity index (χ4v) is 3.60. The number of hydrogen-bond acceptors (Lipinski definition) is 4. The zero-order valence-electron chi connectivity index (χ0n) is 14.4. The van der Waals surface area contributed by atoms with E-state index in [0.29, 0.717) is 13.0 Å². The quantitative estimate of drug-likeness (QED) is 0.792. The SMILES string of the molecule is CN1C(=O)C[C@@H](NCc2ccc3c(c2)ncn3C)[C@@H]1c1cccnc1. The van der Waals surface area contributed by atoms with Crippen molar-refractivity contribution in [3.8, 4) is 0 Å². The normalized spacial score (nSPS) is 20.6. The molecule has 0 aliphatic carbocycles. The van der Waals surface area contributed by atoms with Crippen molar-refractivity contribution in [3.05, 3.63) is 60.2 Å². The number of benzene rings is 1. The first-order chi connectivity index (χ1) is 12.1. The highest BCUT2D eigenvalue weighted by atomic mass is 16.2. The topological polar surface area (TPSA) is 63.1 Å². The number of likely N-dealkylation sites (N-methyl/N-ethyl adjacent to an activating group) is 1. The predicted octanol–water partition coefficient (Wildman–Crippen LogP) is 2.03. The van der Waals surface area contributed by atoms with Crippen LogP contribution >= 0.6 is 0 Å². The highest BCUT2D eigenvalue weighted by Gasteiger charge is 2.38. The Morgan fingerprint density at radius 3 is 2.96 bits per heavy atom. The molecule has 2 aromatic heterocycles. The summed E-state index contributed by atoms with van der Waals surface area (Å²) in [6.07, 6.45) is 5.92. The van der Waals surface area contributed by atoms with Crippen LogP contribution in [-0.4, -0.2) is 38.4 Å². The summed E-state index contributed by atoms with van der Waals surface area (Å²) in [5.74, 6) is 0.159. The van der Waals surface area contributed by atoms with Gasteiger partial charge in [0.05, 0.1) is 23.4 Å². The highest BCUT2D eigenvalue weighted by Crippen LogP contribution is 2.31. The van der Waals surface area contributed by atoms with Gasteiger partial charge in [0.2, 0.25) is 5.91 Å². The van der Waals surface area contributed by atoms with Crippen molar-refractivity contribution in [3.63, 3.8) is 0 Å². The number of imidazole rings is 1. The molecule has 128 valence electrons. The van der Waals surface area contributed by atoms with Crippen LogP contribution in [0.15, 0.2) is 49.1 Å². The number of carbonyl (C=O) groups is 1. The lowest BCUT2D eigenvalue weighted by Crippen LogP contribution is -2.34. The number of fused-ring (bicyclic) bond motifs is 1. The lowest BCUT2D eigenvalue weighted by Gasteiger charge is -2.25. The fourth-order valence-electron chi connectivity index (χ4n) is 3.60. The second kappa shape index (κ2) is 6.29. The van der Waals surface area contributed by atoms with Crippen molar-refractivity contribution >= 4 is 16.9 Å². The molecule has 25 heavy (non-hydrogen) atoms. The van der Waals surface area contributed by atoms with Crippen molar-refractivity contribution < 1.29 is 4.79 Å². The van der Waals surface area contributed by atoms with Crippen LogP contribution in [-0.2, 0) is 18.4 Å². The van der Waals surface area contributed by atoms with Gasteiger partial charge in [-0.1, -0.05) is 12.1 Å². The number of aryl methyl sites for hydroxylation is 1. The summed E-state index contributed by atoms with van der Waals surface area (Å²) in [7, 11) is 3.85. The molecule has 1 aromatic carbocycles. The van der Waals surface area contributed by atoms with Crippen LogP contribution < -0.4 is 5.32 Å². The Morgan fingerprint density at radius 1 is 1.28 bits per heavy atom. The highest BCUT2D eigenvalue weighted by molar-refractivity contribution is 5.80. The van der Waals surface area contributed by atoms with E-state index < -0.39 is 0 Å². The van der Waals surface area contributed by atoms with Crippen LogP contribution in [0.1, 0.15) is 23.6 Å². The van der Waals surface area contributed by atoms with Crippen molar-refractivity contribution in [2.45, 2.75) is 25.0 Å². The third kappa shape index (κ3) is 2.89. The molecule has 6 nitrogen and oxygen atoms in total. The van der Waals surface area contributed by atoms with E-state index in [1.165, 1.54) is 0 Å². The van der Waals surface area contributed by atoms with Crippen molar-refractivity contribution in [2.24, 2.45) is 7.05 Å². The minimum absolute atomic E-state index is 0.0137. The molecule has 0 unspecified atom stereocenters. The molecule has 0 bridgehead atoms. The Balaban J connectivity index is 1.53. The molecule has 1 fully saturated rings. The first kappa shape index (κ1) is 15.8. The number of likely N-dealkylation sites (tertiary alicyclic amines) is 1. The zero-order valence-corrected chi connectivity index (χ0v) is 14.4. The molecule has 3 aromatic rings. The molecule has 3 heterocycles. The van der Waals surface area contributed by atoms with Gasteiger partial charge in [-0.2, -0.15) is 0 Å². The van der Waals surface area contributed by atoms with E-state index in [-0.39, 0.29) is 18.0 Å². The minimum atomic E-state index is 0.0137. The van der Waals surface area contributed by atoms with Gasteiger partial charge in [-0.25, -0.2) is 4.98 Å². The lowest BCUT2D eigenvalue weighted by atomic mass is 10.0. The summed E-state index contributed by atoms with van der Waals surface area (Å²) < 4.78 is 2.01. The van der Waals surface area contributed by atoms with E-state index in [4.69, 9.17) is 0 Å². The number of pyridine rings is 1. The summed E-state index contributed by atoms with van der Waals surface area (Å²) in [4.78, 5) is 22.6. The molecular weight excluding hydrogens is 314 g/mol. The first-order valence-corrected chi connectivity index (χ1v) is 8.42. The Labute approximate surface area is 146 Å². The van der Waals surface area contributed by atoms with Gasteiger partial charge in [-0.3, -0.25) is 9.78 Å². The van der Waals surface area contributed by atoms with Crippen LogP contribution in [0, 0.1) is 0 Å². The second-order valence-corrected chi connectivity index (χ2v) is 6.61. The Morgan fingerprint density at radius 2 is 2.16 bits per heavy atom. The molecule has 1 aliphatic rings. The van der Waals surface area contributed by atoms with E-state index in [9.17, 15) is 4.79 Å². The number of nitrogens with one attached hydrogen (secondary N) is 1. The third-order valence-electron chi connectivity index (χ3n) is 4.97. The summed E-state index contributed by atoms with van der Waals surface area (Å²) in [6.45, 7) is 0.703. The molecule has 1 saturated heterocycles. The van der Waals surface area contributed by atoms with E-state index in [1.54, 1.807) is 6.20 Å². The molecule has 4 rings (SSSR count). The van der Waals surface area contributed by atoms with Gasteiger partial charge in [0.15, 0.2) is 0 Å². The van der Waals surface area contributed by atoms with Crippen LogP contribution in [0.25, 0.3) is 11.0 Å². The van der Waals surface area contributed by atoms with Crippen molar-refractivity contribution in [1.82, 2.24) is 24.8 Å². The molecular formula is C19H21N5O. The van der Waals surface area contributed by atoms with E-state index in [0.717, 1.165) is 22.2 Å². The number of nitrogens with zero attached hydrogens (tertiary/aromatic N) is 4. The van der Waals surface area contributed by atoms with Gasteiger partial charge in [-0.05, 0) is 29.3 Å². The van der Waals surface area contributed by atoms with Crippen LogP contribution in [0.4, 0.5) is 0 Å². The van der Waals surface area contributed by atoms with Gasteiger partial charge in [0.1, 0.15) is 0 Å². The lowest BCUT2D eigenvalue weighted by molar-refractivity contribution is -0.127. The smallest absolute Gasteiger partial charge is 0.224 e. The fraction of sp³-hybridized carbons (Fsp3) is 0.316. The van der Waals surface area contributed by atoms with Gasteiger partial charge >= 0.3 is 0 Å². The molecule has 0 spiro atoms. The van der Waals surface area contributed by atoms with Crippen LogP contribution in [0.3, 0.4) is 0 Å². The van der Waals surface area contributed by atoms with E-state index >= 15 is 0 Å². The molecule has 6 heteroatoms. The summed E-state index contributed by atoms with van der Waals surface area (Å²) in [5, 5.41) is 3.55.